The summed E-state index contributed by atoms with van der Waals surface area (Å²) < 4.78 is 10.4. The Morgan fingerprint density at radius 2 is 1.88 bits per heavy atom. The van der Waals surface area contributed by atoms with Crippen molar-refractivity contribution in [2.75, 3.05) is 26.0 Å². The van der Waals surface area contributed by atoms with E-state index < -0.39 is 0 Å². The highest BCUT2D eigenvalue weighted by molar-refractivity contribution is 8.00. The number of methoxy groups -OCH3 is 1. The first-order valence-electron chi connectivity index (χ1n) is 7.96. The van der Waals surface area contributed by atoms with Crippen molar-refractivity contribution < 1.29 is 19.1 Å². The summed E-state index contributed by atoms with van der Waals surface area (Å²) in [6.07, 6.45) is 0. The molecule has 1 aliphatic heterocycles. The topological polar surface area (TPSA) is 55.8 Å². The van der Waals surface area contributed by atoms with Crippen molar-refractivity contribution in [1.82, 2.24) is 4.90 Å². The summed E-state index contributed by atoms with van der Waals surface area (Å²) >= 11 is 1.58. The van der Waals surface area contributed by atoms with E-state index in [-0.39, 0.29) is 17.3 Å². The van der Waals surface area contributed by atoms with Crippen LogP contribution in [0.3, 0.4) is 0 Å². The lowest BCUT2D eigenvalue weighted by atomic mass is 10.1. The lowest BCUT2D eigenvalue weighted by Gasteiger charge is -2.24. The average molecular weight is 357 g/mol. The van der Waals surface area contributed by atoms with Gasteiger partial charge < -0.3 is 14.4 Å². The van der Waals surface area contributed by atoms with E-state index >= 15 is 0 Å². The second-order valence-corrected chi connectivity index (χ2v) is 6.59. The van der Waals surface area contributed by atoms with Crippen molar-refractivity contribution in [3.8, 4) is 5.75 Å². The van der Waals surface area contributed by atoms with Crippen LogP contribution >= 0.6 is 11.8 Å². The number of ether oxygens (including phenoxy) is 2. The Kier molecular flexibility index (Phi) is 5.60. The van der Waals surface area contributed by atoms with Gasteiger partial charge in [0.1, 0.15) is 17.7 Å². The quantitative estimate of drug-likeness (QED) is 0.744. The fraction of sp³-hybridized carbons (Fsp3) is 0.263. The number of carbonyl (C=O) groups is 2. The number of carbonyl (C=O) groups excluding carboxylic acids is 2. The molecule has 130 valence electrons. The zero-order valence-electron chi connectivity index (χ0n) is 13.9. The van der Waals surface area contributed by atoms with Gasteiger partial charge in [0.2, 0.25) is 5.91 Å². The molecule has 5 nitrogen and oxygen atoms in total. The smallest absolute Gasteiger partial charge is 0.337 e. The lowest BCUT2D eigenvalue weighted by Crippen LogP contribution is -2.32. The molecule has 2 aromatic carbocycles. The minimum Gasteiger partial charge on any atom is -0.492 e. The predicted molar refractivity (Wildman–Crippen MR) is 96.6 cm³/mol. The van der Waals surface area contributed by atoms with E-state index in [2.05, 4.69) is 0 Å². The first kappa shape index (κ1) is 17.4. The van der Waals surface area contributed by atoms with Gasteiger partial charge in [0, 0.05) is 0 Å². The van der Waals surface area contributed by atoms with E-state index in [4.69, 9.17) is 9.47 Å². The van der Waals surface area contributed by atoms with E-state index in [0.717, 1.165) is 11.3 Å². The third-order valence-electron chi connectivity index (χ3n) is 3.93. The van der Waals surface area contributed by atoms with Gasteiger partial charge in [0.05, 0.1) is 25.0 Å². The first-order chi connectivity index (χ1) is 12.2. The molecule has 25 heavy (non-hydrogen) atoms. The van der Waals surface area contributed by atoms with Gasteiger partial charge in [-0.2, -0.15) is 0 Å². The van der Waals surface area contributed by atoms with E-state index in [1.807, 2.05) is 47.4 Å². The summed E-state index contributed by atoms with van der Waals surface area (Å²) in [7, 11) is 1.36. The van der Waals surface area contributed by atoms with Gasteiger partial charge in [-0.05, 0) is 29.8 Å². The molecule has 0 bridgehead atoms. The zero-order chi connectivity index (χ0) is 17.6. The largest absolute Gasteiger partial charge is 0.492 e. The maximum Gasteiger partial charge on any atom is 0.337 e. The summed E-state index contributed by atoms with van der Waals surface area (Å²) in [5.41, 5.74) is 1.49. The Labute approximate surface area is 150 Å². The molecule has 1 amide bonds. The Bertz CT molecular complexity index is 733. The summed E-state index contributed by atoms with van der Waals surface area (Å²) in [4.78, 5) is 25.5. The Morgan fingerprint density at radius 1 is 1.16 bits per heavy atom. The van der Waals surface area contributed by atoms with E-state index in [0.29, 0.717) is 24.5 Å². The van der Waals surface area contributed by atoms with Crippen molar-refractivity contribution >= 4 is 23.6 Å². The van der Waals surface area contributed by atoms with Crippen LogP contribution in [-0.4, -0.2) is 42.8 Å². The van der Waals surface area contributed by atoms with Gasteiger partial charge in [-0.15, -0.1) is 11.8 Å². The highest BCUT2D eigenvalue weighted by Crippen LogP contribution is 2.38. The van der Waals surface area contributed by atoms with Crippen LogP contribution in [0.5, 0.6) is 5.75 Å². The predicted octanol–water partition coefficient (Wildman–Crippen LogP) is 3.13. The number of rotatable bonds is 6. The molecule has 1 atom stereocenters. The van der Waals surface area contributed by atoms with Crippen LogP contribution in [0.4, 0.5) is 0 Å². The van der Waals surface area contributed by atoms with Gasteiger partial charge in [-0.25, -0.2) is 4.79 Å². The highest BCUT2D eigenvalue weighted by Gasteiger charge is 2.32. The maximum absolute atomic E-state index is 12.2. The molecule has 0 aromatic heterocycles. The van der Waals surface area contributed by atoms with E-state index in [1.165, 1.54) is 7.11 Å². The Balaban J connectivity index is 1.64. The van der Waals surface area contributed by atoms with Crippen LogP contribution in [-0.2, 0) is 9.53 Å². The van der Waals surface area contributed by atoms with Crippen LogP contribution in [0.25, 0.3) is 0 Å². The van der Waals surface area contributed by atoms with E-state index in [1.54, 1.807) is 23.9 Å². The van der Waals surface area contributed by atoms with Gasteiger partial charge >= 0.3 is 5.97 Å². The van der Waals surface area contributed by atoms with Crippen LogP contribution in [0.1, 0.15) is 21.3 Å². The molecule has 0 aliphatic carbocycles. The number of esters is 1. The molecule has 6 heteroatoms. The van der Waals surface area contributed by atoms with Crippen LogP contribution in [0.2, 0.25) is 0 Å². The highest BCUT2D eigenvalue weighted by atomic mass is 32.2. The summed E-state index contributed by atoms with van der Waals surface area (Å²) in [5.74, 6) is 0.980. The zero-order valence-corrected chi connectivity index (χ0v) is 14.7. The van der Waals surface area contributed by atoms with Gasteiger partial charge in [-0.1, -0.05) is 30.3 Å². The molecule has 0 saturated carbocycles. The molecule has 2 aromatic rings. The molecular formula is C19H19NO4S. The average Bonchev–Trinajstić information content (AvgIpc) is 3.03. The fourth-order valence-electron chi connectivity index (χ4n) is 2.65. The molecular weight excluding hydrogens is 338 g/mol. The number of thioether (sulfide) groups is 1. The second kappa shape index (κ2) is 8.07. The Hall–Kier alpha value is -2.47. The molecule has 1 aliphatic rings. The first-order valence-corrected chi connectivity index (χ1v) is 9.01. The van der Waals surface area contributed by atoms with Crippen molar-refractivity contribution in [1.29, 1.82) is 0 Å². The molecule has 0 radical (unpaired) electrons. The third kappa shape index (κ3) is 4.14. The summed E-state index contributed by atoms with van der Waals surface area (Å²) in [6, 6.07) is 16.7. The number of nitrogens with zero attached hydrogens (tertiary/aromatic N) is 1. The number of hydrogen-bond acceptors (Lipinski definition) is 5. The maximum atomic E-state index is 12.2. The molecule has 1 heterocycles. The molecule has 3 rings (SSSR count). The SMILES string of the molecule is COC(=O)c1ccc(C2SCC(=O)N2CCOc2ccccc2)cc1. The van der Waals surface area contributed by atoms with Gasteiger partial charge in [0.15, 0.2) is 0 Å². The van der Waals surface area contributed by atoms with Gasteiger partial charge in [-0.3, -0.25) is 4.79 Å². The number of benzene rings is 2. The number of hydrogen-bond donors (Lipinski definition) is 0. The molecule has 0 N–H and O–H groups in total. The normalized spacial score (nSPS) is 16.8. The van der Waals surface area contributed by atoms with Crippen molar-refractivity contribution in [2.24, 2.45) is 0 Å². The number of para-hydroxylation sites is 1. The van der Waals surface area contributed by atoms with Gasteiger partial charge in [0.25, 0.3) is 0 Å². The van der Waals surface area contributed by atoms with E-state index in [9.17, 15) is 9.59 Å². The number of amides is 1. The fourth-order valence-corrected chi connectivity index (χ4v) is 3.87. The minimum atomic E-state index is -0.366. The second-order valence-electron chi connectivity index (χ2n) is 5.53. The summed E-state index contributed by atoms with van der Waals surface area (Å²) in [5, 5.41) is -0.0569. The molecule has 1 unspecified atom stereocenters. The molecule has 0 spiro atoms. The van der Waals surface area contributed by atoms with Crippen LogP contribution in [0.15, 0.2) is 54.6 Å². The molecule has 1 saturated heterocycles. The van der Waals surface area contributed by atoms with Crippen molar-refractivity contribution in [3.05, 3.63) is 65.7 Å². The minimum absolute atomic E-state index is 0.0569. The van der Waals surface area contributed by atoms with Crippen molar-refractivity contribution in [3.63, 3.8) is 0 Å². The van der Waals surface area contributed by atoms with Crippen LogP contribution in [0, 0.1) is 0 Å². The summed E-state index contributed by atoms with van der Waals surface area (Å²) in [6.45, 7) is 0.956. The standard InChI is InChI=1S/C19H19NO4S/c1-23-19(22)15-9-7-14(8-10-15)18-20(17(21)13-25-18)11-12-24-16-5-3-2-4-6-16/h2-10,18H,11-13H2,1H3. The third-order valence-corrected chi connectivity index (χ3v) is 5.19. The van der Waals surface area contributed by atoms with Crippen molar-refractivity contribution in [2.45, 2.75) is 5.37 Å². The Morgan fingerprint density at radius 3 is 2.56 bits per heavy atom. The lowest BCUT2D eigenvalue weighted by molar-refractivity contribution is -0.128. The monoisotopic (exact) mass is 357 g/mol. The van der Waals surface area contributed by atoms with Crippen LogP contribution < -0.4 is 4.74 Å². The molecule has 1 fully saturated rings.